The summed E-state index contributed by atoms with van der Waals surface area (Å²) < 4.78 is 0. The molecule has 68 valence electrons. The summed E-state index contributed by atoms with van der Waals surface area (Å²) in [4.78, 5) is 0. The zero-order chi connectivity index (χ0) is 8.97. The normalized spacial score (nSPS) is 19.9. The van der Waals surface area contributed by atoms with Gasteiger partial charge in [0.1, 0.15) is 0 Å². The van der Waals surface area contributed by atoms with Crippen LogP contribution in [0.3, 0.4) is 0 Å². The highest BCUT2D eigenvalue weighted by atomic mass is 16.3. The molecule has 0 aromatic heterocycles. The third kappa shape index (κ3) is 2.82. The van der Waals surface area contributed by atoms with Gasteiger partial charge in [0.2, 0.25) is 0 Å². The Morgan fingerprint density at radius 2 is 2.25 bits per heavy atom. The van der Waals surface area contributed by atoms with Gasteiger partial charge in [-0.15, -0.1) is 0 Å². The van der Waals surface area contributed by atoms with Crippen LogP contribution in [0.25, 0.3) is 0 Å². The lowest BCUT2D eigenvalue weighted by Crippen LogP contribution is -2.07. The summed E-state index contributed by atoms with van der Waals surface area (Å²) in [6.45, 7) is 4.18. The molecule has 1 unspecified atom stereocenters. The molecule has 1 aliphatic carbocycles. The van der Waals surface area contributed by atoms with Gasteiger partial charge >= 0.3 is 0 Å². The Kier molecular flexibility index (Phi) is 3.54. The minimum atomic E-state index is -0.137. The number of rotatable bonds is 3. The fraction of sp³-hybridized carbons (Fsp3) is 0.636. The smallest absolute Gasteiger partial charge is 0.0574 e. The molecule has 0 radical (unpaired) electrons. The van der Waals surface area contributed by atoms with Gasteiger partial charge in [-0.1, -0.05) is 30.2 Å². The molecule has 1 atom stereocenters. The number of aliphatic hydroxyl groups excluding tert-OH is 1. The van der Waals surface area contributed by atoms with Gasteiger partial charge in [0.25, 0.3) is 0 Å². The minimum Gasteiger partial charge on any atom is -0.393 e. The second-order valence-corrected chi connectivity index (χ2v) is 3.59. The van der Waals surface area contributed by atoms with Gasteiger partial charge < -0.3 is 5.11 Å². The maximum Gasteiger partial charge on any atom is 0.0574 e. The molecule has 0 fully saturated rings. The predicted molar refractivity (Wildman–Crippen MR) is 52.0 cm³/mol. The second kappa shape index (κ2) is 4.46. The largest absolute Gasteiger partial charge is 0.393 e. The van der Waals surface area contributed by atoms with Crippen molar-refractivity contribution in [3.63, 3.8) is 0 Å². The molecule has 0 heterocycles. The van der Waals surface area contributed by atoms with Crippen molar-refractivity contribution in [1.29, 1.82) is 0 Å². The molecule has 0 aliphatic heterocycles. The summed E-state index contributed by atoms with van der Waals surface area (Å²) in [5.41, 5.74) is 2.85. The Morgan fingerprint density at radius 1 is 1.50 bits per heavy atom. The van der Waals surface area contributed by atoms with Crippen LogP contribution < -0.4 is 0 Å². The van der Waals surface area contributed by atoms with Crippen LogP contribution in [-0.4, -0.2) is 11.2 Å². The van der Waals surface area contributed by atoms with Crippen molar-refractivity contribution >= 4 is 0 Å². The maximum absolute atomic E-state index is 9.44. The molecule has 12 heavy (non-hydrogen) atoms. The fourth-order valence-electron chi connectivity index (χ4n) is 1.53. The van der Waals surface area contributed by atoms with Crippen LogP contribution >= 0.6 is 0 Å². The third-order valence-corrected chi connectivity index (χ3v) is 2.35. The molecule has 1 rings (SSSR count). The predicted octanol–water partition coefficient (Wildman–Crippen LogP) is 2.81. The van der Waals surface area contributed by atoms with Crippen molar-refractivity contribution < 1.29 is 5.11 Å². The number of allylic oxidation sites excluding steroid dienone is 3. The Morgan fingerprint density at radius 3 is 2.83 bits per heavy atom. The van der Waals surface area contributed by atoms with E-state index < -0.39 is 0 Å². The molecule has 1 aliphatic rings. The lowest BCUT2D eigenvalue weighted by atomic mass is 9.94. The average molecular weight is 166 g/mol. The molecular formula is C11H18O. The first-order valence-electron chi connectivity index (χ1n) is 4.74. The zero-order valence-electron chi connectivity index (χ0n) is 8.01. The van der Waals surface area contributed by atoms with Gasteiger partial charge in [-0.2, -0.15) is 0 Å². The van der Waals surface area contributed by atoms with Gasteiger partial charge in [-0.25, -0.2) is 0 Å². The Labute approximate surface area is 74.8 Å². The molecule has 0 amide bonds. The van der Waals surface area contributed by atoms with E-state index in [0.717, 1.165) is 25.7 Å². The van der Waals surface area contributed by atoms with Crippen molar-refractivity contribution in [3.8, 4) is 0 Å². The monoisotopic (exact) mass is 166 g/mol. The summed E-state index contributed by atoms with van der Waals surface area (Å²) in [5, 5.41) is 9.44. The summed E-state index contributed by atoms with van der Waals surface area (Å²) >= 11 is 0. The highest BCUT2D eigenvalue weighted by Crippen LogP contribution is 2.22. The van der Waals surface area contributed by atoms with Crippen molar-refractivity contribution in [2.45, 2.75) is 45.6 Å². The summed E-state index contributed by atoms with van der Waals surface area (Å²) in [5.74, 6) is 0. The summed E-state index contributed by atoms with van der Waals surface area (Å²) in [6.07, 6.45) is 8.20. The number of hydrogen-bond donors (Lipinski definition) is 1. The molecular weight excluding hydrogens is 148 g/mol. The van der Waals surface area contributed by atoms with E-state index in [-0.39, 0.29) is 6.10 Å². The third-order valence-electron chi connectivity index (χ3n) is 2.35. The van der Waals surface area contributed by atoms with Crippen molar-refractivity contribution in [3.05, 3.63) is 23.3 Å². The van der Waals surface area contributed by atoms with Crippen LogP contribution in [0.5, 0.6) is 0 Å². The Bertz CT molecular complexity index is 201. The van der Waals surface area contributed by atoms with E-state index >= 15 is 0 Å². The van der Waals surface area contributed by atoms with Gasteiger partial charge in [0.15, 0.2) is 0 Å². The van der Waals surface area contributed by atoms with Crippen molar-refractivity contribution in [2.75, 3.05) is 0 Å². The first kappa shape index (κ1) is 9.53. The van der Waals surface area contributed by atoms with Crippen molar-refractivity contribution in [2.24, 2.45) is 0 Å². The SMILES string of the molecule is CCC(O)CC1=CCC=C(C)C1. The highest BCUT2D eigenvalue weighted by molar-refractivity contribution is 5.21. The van der Waals surface area contributed by atoms with Crippen LogP contribution in [0.15, 0.2) is 23.3 Å². The molecule has 0 aromatic rings. The summed E-state index contributed by atoms with van der Waals surface area (Å²) in [6, 6.07) is 0. The molecule has 1 N–H and O–H groups in total. The molecule has 0 bridgehead atoms. The van der Waals surface area contributed by atoms with Crippen LogP contribution in [0.2, 0.25) is 0 Å². The standard InChI is InChI=1S/C11H18O/c1-3-11(12)8-10-6-4-5-9(2)7-10/h5-6,11-12H,3-4,7-8H2,1-2H3. The lowest BCUT2D eigenvalue weighted by Gasteiger charge is -2.15. The van der Waals surface area contributed by atoms with E-state index in [1.165, 1.54) is 11.1 Å². The van der Waals surface area contributed by atoms with Gasteiger partial charge in [0.05, 0.1) is 6.10 Å². The quantitative estimate of drug-likeness (QED) is 0.639. The molecule has 0 aromatic carbocycles. The van der Waals surface area contributed by atoms with E-state index in [1.807, 2.05) is 6.92 Å². The second-order valence-electron chi connectivity index (χ2n) is 3.59. The first-order valence-corrected chi connectivity index (χ1v) is 4.74. The lowest BCUT2D eigenvalue weighted by molar-refractivity contribution is 0.170. The number of hydrogen-bond acceptors (Lipinski definition) is 1. The fourth-order valence-corrected chi connectivity index (χ4v) is 1.53. The summed E-state index contributed by atoms with van der Waals surface area (Å²) in [7, 11) is 0. The highest BCUT2D eigenvalue weighted by Gasteiger charge is 2.07. The van der Waals surface area contributed by atoms with Crippen LogP contribution in [-0.2, 0) is 0 Å². The minimum absolute atomic E-state index is 0.137. The Hall–Kier alpha value is -0.560. The van der Waals surface area contributed by atoms with E-state index in [2.05, 4.69) is 19.1 Å². The molecule has 1 heteroatoms. The topological polar surface area (TPSA) is 20.2 Å². The number of aliphatic hydroxyl groups is 1. The van der Waals surface area contributed by atoms with Gasteiger partial charge in [-0.05, 0) is 32.6 Å². The van der Waals surface area contributed by atoms with E-state index in [1.54, 1.807) is 0 Å². The van der Waals surface area contributed by atoms with Crippen LogP contribution in [0.4, 0.5) is 0 Å². The van der Waals surface area contributed by atoms with Crippen molar-refractivity contribution in [1.82, 2.24) is 0 Å². The average Bonchev–Trinajstić information content (AvgIpc) is 2.04. The van der Waals surface area contributed by atoms with E-state index in [0.29, 0.717) is 0 Å². The van der Waals surface area contributed by atoms with E-state index in [9.17, 15) is 5.11 Å². The molecule has 0 saturated heterocycles. The zero-order valence-corrected chi connectivity index (χ0v) is 8.01. The van der Waals surface area contributed by atoms with Crippen LogP contribution in [0, 0.1) is 0 Å². The maximum atomic E-state index is 9.44. The van der Waals surface area contributed by atoms with Gasteiger partial charge in [0, 0.05) is 0 Å². The van der Waals surface area contributed by atoms with Gasteiger partial charge in [-0.3, -0.25) is 0 Å². The first-order chi connectivity index (χ1) is 5.72. The molecule has 0 spiro atoms. The molecule has 0 saturated carbocycles. The molecule has 1 nitrogen and oxygen atoms in total. The van der Waals surface area contributed by atoms with E-state index in [4.69, 9.17) is 0 Å². The van der Waals surface area contributed by atoms with Crippen LogP contribution in [0.1, 0.15) is 39.5 Å². The Balaban J connectivity index is 2.39.